The zero-order valence-corrected chi connectivity index (χ0v) is 21.5. The van der Waals surface area contributed by atoms with Crippen molar-refractivity contribution in [2.24, 2.45) is 4.99 Å². The number of nitrogens with zero attached hydrogens (tertiary/aromatic N) is 3. The third-order valence-electron chi connectivity index (χ3n) is 6.36. The highest BCUT2D eigenvalue weighted by atomic mass is 32.1. The Morgan fingerprint density at radius 2 is 1.86 bits per heavy atom. The van der Waals surface area contributed by atoms with Crippen LogP contribution in [0.3, 0.4) is 0 Å². The van der Waals surface area contributed by atoms with E-state index in [9.17, 15) is 14.4 Å². The van der Waals surface area contributed by atoms with Crippen LogP contribution in [0.2, 0.25) is 0 Å². The van der Waals surface area contributed by atoms with Crippen LogP contribution in [0.5, 0.6) is 0 Å². The molecule has 1 amide bonds. The van der Waals surface area contributed by atoms with Crippen molar-refractivity contribution in [1.82, 2.24) is 4.57 Å². The van der Waals surface area contributed by atoms with E-state index in [0.29, 0.717) is 37.4 Å². The van der Waals surface area contributed by atoms with Gasteiger partial charge in [-0.3, -0.25) is 14.2 Å². The molecule has 1 aromatic heterocycles. The molecule has 0 saturated carbocycles. The summed E-state index contributed by atoms with van der Waals surface area (Å²) in [6.45, 7) is 5.63. The molecule has 9 heteroatoms. The molecule has 0 saturated heterocycles. The standard InChI is InChI=1S/C27H26N4O4S/c1-6-35-26(34)20-15(3)28-27-31(22(20)16-8-10-17(11-9-16)30(4)5)25(33)23(36-27)21-18-13-14(2)7-12-19(18)29-24(21)32/h7-13,22H,6H2,1-5H3,(H,29,32)/b23-21-/t22-/m0/s1. The lowest BCUT2D eigenvalue weighted by Gasteiger charge is -2.25. The highest BCUT2D eigenvalue weighted by Crippen LogP contribution is 2.33. The number of hydrogen-bond donors (Lipinski definition) is 1. The fraction of sp³-hybridized carbons (Fsp3) is 0.259. The summed E-state index contributed by atoms with van der Waals surface area (Å²) in [7, 11) is 3.89. The van der Waals surface area contributed by atoms with E-state index in [2.05, 4.69) is 10.3 Å². The summed E-state index contributed by atoms with van der Waals surface area (Å²) in [6.07, 6.45) is 0. The summed E-state index contributed by atoms with van der Waals surface area (Å²) in [5.74, 6) is -0.841. The first-order chi connectivity index (χ1) is 17.2. The number of allylic oxidation sites excluding steroid dienone is 1. The Bertz CT molecular complexity index is 1630. The number of hydrogen-bond acceptors (Lipinski definition) is 7. The van der Waals surface area contributed by atoms with Crippen molar-refractivity contribution >= 4 is 40.2 Å². The first kappa shape index (κ1) is 23.7. The lowest BCUT2D eigenvalue weighted by molar-refractivity contribution is -0.139. The van der Waals surface area contributed by atoms with Gasteiger partial charge < -0.3 is 15.0 Å². The van der Waals surface area contributed by atoms with Crippen LogP contribution in [0.4, 0.5) is 11.4 Å². The van der Waals surface area contributed by atoms with Crippen molar-refractivity contribution < 1.29 is 14.3 Å². The second kappa shape index (κ2) is 8.91. The molecular formula is C27H26N4O4S. The van der Waals surface area contributed by atoms with Crippen LogP contribution in [0.1, 0.15) is 36.6 Å². The second-order valence-corrected chi connectivity index (χ2v) is 9.96. The maximum Gasteiger partial charge on any atom is 0.338 e. The maximum atomic E-state index is 14.0. The summed E-state index contributed by atoms with van der Waals surface area (Å²) in [4.78, 5) is 47.0. The van der Waals surface area contributed by atoms with Gasteiger partial charge in [0.1, 0.15) is 4.53 Å². The topological polar surface area (TPSA) is 93.0 Å². The van der Waals surface area contributed by atoms with Crippen LogP contribution in [-0.2, 0) is 14.3 Å². The van der Waals surface area contributed by atoms with E-state index in [-0.39, 0.29) is 18.1 Å². The molecule has 1 N–H and O–H groups in total. The molecule has 0 fully saturated rings. The van der Waals surface area contributed by atoms with Gasteiger partial charge in [-0.05, 0) is 50.6 Å². The van der Waals surface area contributed by atoms with Crippen molar-refractivity contribution in [3.8, 4) is 0 Å². The molecule has 8 nitrogen and oxygen atoms in total. The molecule has 0 aliphatic carbocycles. The Labute approximate surface area is 211 Å². The van der Waals surface area contributed by atoms with Crippen LogP contribution in [-0.4, -0.2) is 37.1 Å². The average Bonchev–Trinajstić information content (AvgIpc) is 3.32. The van der Waals surface area contributed by atoms with E-state index in [4.69, 9.17) is 4.74 Å². The molecule has 0 radical (unpaired) electrons. The summed E-state index contributed by atoms with van der Waals surface area (Å²) in [5, 5.41) is 2.86. The highest BCUT2D eigenvalue weighted by molar-refractivity contribution is 7.07. The second-order valence-electron chi connectivity index (χ2n) is 8.99. The van der Waals surface area contributed by atoms with Crippen molar-refractivity contribution in [3.05, 3.63) is 90.1 Å². The van der Waals surface area contributed by atoms with E-state index >= 15 is 0 Å². The molecule has 0 bridgehead atoms. The number of ether oxygens (including phenoxy) is 1. The van der Waals surface area contributed by atoms with Crippen molar-refractivity contribution in [1.29, 1.82) is 0 Å². The fourth-order valence-corrected chi connectivity index (χ4v) is 5.76. The normalized spacial score (nSPS) is 17.8. The van der Waals surface area contributed by atoms with Gasteiger partial charge >= 0.3 is 5.97 Å². The number of carbonyl (C=O) groups excluding carboxylic acids is 2. The highest BCUT2D eigenvalue weighted by Gasteiger charge is 2.35. The summed E-state index contributed by atoms with van der Waals surface area (Å²) < 4.78 is 7.16. The summed E-state index contributed by atoms with van der Waals surface area (Å²) in [6, 6.07) is 12.6. The lowest BCUT2D eigenvalue weighted by atomic mass is 9.95. The molecule has 2 aromatic carbocycles. The minimum Gasteiger partial charge on any atom is -0.463 e. The lowest BCUT2D eigenvalue weighted by Crippen LogP contribution is -2.40. The van der Waals surface area contributed by atoms with Gasteiger partial charge in [-0.25, -0.2) is 9.79 Å². The molecule has 184 valence electrons. The fourth-order valence-electron chi connectivity index (χ4n) is 4.62. The Hall–Kier alpha value is -3.98. The Balaban J connectivity index is 1.80. The molecule has 36 heavy (non-hydrogen) atoms. The Morgan fingerprint density at radius 3 is 2.53 bits per heavy atom. The zero-order valence-electron chi connectivity index (χ0n) is 20.7. The number of fused-ring (bicyclic) bond motifs is 2. The van der Waals surface area contributed by atoms with Crippen LogP contribution < -0.4 is 25.1 Å². The zero-order chi connectivity index (χ0) is 25.7. The number of aromatic nitrogens is 1. The minimum absolute atomic E-state index is 0.201. The molecule has 0 spiro atoms. The van der Waals surface area contributed by atoms with Gasteiger partial charge in [0.2, 0.25) is 0 Å². The average molecular weight is 503 g/mol. The number of carbonyl (C=O) groups is 2. The number of nitrogens with one attached hydrogen (secondary N) is 1. The predicted octanol–water partition coefficient (Wildman–Crippen LogP) is 2.50. The number of rotatable bonds is 4. The summed E-state index contributed by atoms with van der Waals surface area (Å²) >= 11 is 1.16. The molecule has 0 unspecified atom stereocenters. The Kier molecular flexibility index (Phi) is 5.88. The number of benzene rings is 2. The molecule has 3 heterocycles. The van der Waals surface area contributed by atoms with E-state index in [0.717, 1.165) is 28.2 Å². The number of aryl methyl sites for hydroxylation is 1. The minimum atomic E-state index is -0.729. The Morgan fingerprint density at radius 1 is 1.14 bits per heavy atom. The van der Waals surface area contributed by atoms with Crippen LogP contribution in [0.15, 0.2) is 63.5 Å². The number of amides is 1. The smallest absolute Gasteiger partial charge is 0.338 e. The van der Waals surface area contributed by atoms with Crippen LogP contribution >= 0.6 is 11.3 Å². The number of thiazole rings is 1. The van der Waals surface area contributed by atoms with E-state index < -0.39 is 12.0 Å². The third kappa shape index (κ3) is 3.76. The number of esters is 1. The van der Waals surface area contributed by atoms with Crippen LogP contribution in [0.25, 0.3) is 5.57 Å². The first-order valence-electron chi connectivity index (χ1n) is 11.6. The van der Waals surface area contributed by atoms with Gasteiger partial charge in [0.15, 0.2) is 4.80 Å². The van der Waals surface area contributed by atoms with Gasteiger partial charge in [0.05, 0.1) is 29.5 Å². The number of anilines is 2. The first-order valence-corrected chi connectivity index (χ1v) is 12.4. The largest absolute Gasteiger partial charge is 0.463 e. The van der Waals surface area contributed by atoms with Crippen molar-refractivity contribution in [3.63, 3.8) is 0 Å². The van der Waals surface area contributed by atoms with E-state index in [1.54, 1.807) is 13.8 Å². The molecule has 1 atom stereocenters. The molecule has 2 aliphatic heterocycles. The van der Waals surface area contributed by atoms with E-state index in [1.165, 1.54) is 4.57 Å². The SMILES string of the molecule is CCOC(=O)C1=C(C)N=c2s/c(=C3\C(=O)Nc4ccc(C)cc43)c(=O)n2[C@H]1c1ccc(N(C)C)cc1. The summed E-state index contributed by atoms with van der Waals surface area (Å²) in [5.41, 5.74) is 4.85. The van der Waals surface area contributed by atoms with Gasteiger partial charge in [-0.2, -0.15) is 0 Å². The van der Waals surface area contributed by atoms with Gasteiger partial charge in [0.25, 0.3) is 11.5 Å². The van der Waals surface area contributed by atoms with Gasteiger partial charge in [-0.15, -0.1) is 0 Å². The van der Waals surface area contributed by atoms with Gasteiger partial charge in [-0.1, -0.05) is 35.1 Å². The molecule has 2 aliphatic rings. The quantitative estimate of drug-likeness (QED) is 0.554. The van der Waals surface area contributed by atoms with Crippen molar-refractivity contribution in [2.75, 3.05) is 30.9 Å². The maximum absolute atomic E-state index is 14.0. The molecule has 5 rings (SSSR count). The predicted molar refractivity (Wildman–Crippen MR) is 140 cm³/mol. The molecular weight excluding hydrogens is 476 g/mol. The van der Waals surface area contributed by atoms with Gasteiger partial charge in [0, 0.05) is 31.0 Å². The monoisotopic (exact) mass is 502 g/mol. The molecule has 3 aromatic rings. The van der Waals surface area contributed by atoms with Crippen molar-refractivity contribution in [2.45, 2.75) is 26.8 Å². The van der Waals surface area contributed by atoms with E-state index in [1.807, 2.05) is 68.4 Å². The third-order valence-corrected chi connectivity index (χ3v) is 7.42. The van der Waals surface area contributed by atoms with Crippen LogP contribution in [0, 0.1) is 6.92 Å².